The van der Waals surface area contributed by atoms with Gasteiger partial charge < -0.3 is 10.1 Å². The Morgan fingerprint density at radius 3 is 2.42 bits per heavy atom. The van der Waals surface area contributed by atoms with Gasteiger partial charge in [-0.15, -0.1) is 0 Å². The summed E-state index contributed by atoms with van der Waals surface area (Å²) in [4.78, 5) is 21.7. The molecule has 12 heavy (non-hydrogen) atoms. The predicted molar refractivity (Wildman–Crippen MR) is 42.4 cm³/mol. The third-order valence-corrected chi connectivity index (χ3v) is 2.15. The lowest BCUT2D eigenvalue weighted by molar-refractivity contribution is -0.147. The number of carbonyl (C=O) groups is 2. The van der Waals surface area contributed by atoms with Crippen LogP contribution in [0.2, 0.25) is 0 Å². The topological polar surface area (TPSA) is 55.4 Å². The molecule has 0 aromatic heterocycles. The van der Waals surface area contributed by atoms with Crippen LogP contribution in [-0.4, -0.2) is 25.5 Å². The molecule has 1 N–H and O–H groups in total. The number of hydrogen-bond donors (Lipinski definition) is 1. The summed E-state index contributed by atoms with van der Waals surface area (Å²) in [6.45, 7) is 1.85. The fourth-order valence-corrected chi connectivity index (χ4v) is 1.11. The number of ether oxygens (including phenoxy) is 1. The lowest BCUT2D eigenvalue weighted by atomic mass is 10.1. The smallest absolute Gasteiger partial charge is 0.313 e. The minimum Gasteiger partial charge on any atom is -0.469 e. The molecule has 4 heteroatoms. The van der Waals surface area contributed by atoms with E-state index >= 15 is 0 Å². The molecule has 1 aliphatic carbocycles. The highest BCUT2D eigenvalue weighted by Gasteiger charge is 2.50. The summed E-state index contributed by atoms with van der Waals surface area (Å²) in [5, 5.41) is 2.62. The zero-order valence-electron chi connectivity index (χ0n) is 7.35. The molecule has 0 bridgehead atoms. The molecule has 0 heterocycles. The van der Waals surface area contributed by atoms with E-state index in [4.69, 9.17) is 0 Å². The highest BCUT2D eigenvalue weighted by molar-refractivity contribution is 5.81. The largest absolute Gasteiger partial charge is 0.469 e. The third kappa shape index (κ3) is 1.75. The van der Waals surface area contributed by atoms with E-state index in [2.05, 4.69) is 10.1 Å². The molecule has 0 aromatic carbocycles. The Kier molecular flexibility index (Phi) is 2.35. The summed E-state index contributed by atoms with van der Waals surface area (Å²) in [5.74, 6) is -0.318. The zero-order valence-corrected chi connectivity index (χ0v) is 7.35. The molecule has 1 rings (SSSR count). The van der Waals surface area contributed by atoms with E-state index in [0.29, 0.717) is 6.54 Å². The van der Waals surface area contributed by atoms with Crippen LogP contribution in [0.1, 0.15) is 19.8 Å². The van der Waals surface area contributed by atoms with E-state index in [1.807, 2.05) is 0 Å². The summed E-state index contributed by atoms with van der Waals surface area (Å²) in [6, 6.07) is 0. The summed E-state index contributed by atoms with van der Waals surface area (Å²) in [7, 11) is 1.37. The lowest BCUT2D eigenvalue weighted by Crippen LogP contribution is -2.33. The second-order valence-electron chi connectivity index (χ2n) is 3.18. The molecule has 1 amide bonds. The van der Waals surface area contributed by atoms with Gasteiger partial charge >= 0.3 is 5.97 Å². The van der Waals surface area contributed by atoms with Gasteiger partial charge in [0, 0.05) is 13.5 Å². The lowest BCUT2D eigenvalue weighted by Gasteiger charge is -2.11. The molecule has 0 spiro atoms. The van der Waals surface area contributed by atoms with Gasteiger partial charge in [0.05, 0.1) is 12.5 Å². The molecule has 1 fully saturated rings. The van der Waals surface area contributed by atoms with Crippen LogP contribution in [0.3, 0.4) is 0 Å². The van der Waals surface area contributed by atoms with Crippen LogP contribution in [0.4, 0.5) is 0 Å². The van der Waals surface area contributed by atoms with Gasteiger partial charge in [-0.05, 0) is 12.8 Å². The first-order valence-corrected chi connectivity index (χ1v) is 3.93. The first kappa shape index (κ1) is 9.03. The highest BCUT2D eigenvalue weighted by atomic mass is 16.5. The third-order valence-electron chi connectivity index (χ3n) is 2.15. The molecular weight excluding hydrogens is 158 g/mol. The monoisotopic (exact) mass is 171 g/mol. The van der Waals surface area contributed by atoms with Crippen LogP contribution in [-0.2, 0) is 14.3 Å². The molecule has 0 atom stereocenters. The van der Waals surface area contributed by atoms with E-state index < -0.39 is 5.41 Å². The van der Waals surface area contributed by atoms with Gasteiger partial charge in [0.2, 0.25) is 5.91 Å². The van der Waals surface area contributed by atoms with Crippen LogP contribution < -0.4 is 5.32 Å². The Morgan fingerprint density at radius 1 is 1.50 bits per heavy atom. The van der Waals surface area contributed by atoms with Crippen LogP contribution in [0.5, 0.6) is 0 Å². The molecular formula is C8H13NO3. The van der Waals surface area contributed by atoms with E-state index in [0.717, 1.165) is 12.8 Å². The number of methoxy groups -OCH3 is 1. The van der Waals surface area contributed by atoms with E-state index in [1.54, 1.807) is 0 Å². The van der Waals surface area contributed by atoms with E-state index in [1.165, 1.54) is 14.0 Å². The van der Waals surface area contributed by atoms with Crippen molar-refractivity contribution in [3.63, 3.8) is 0 Å². The SMILES string of the molecule is COC(=O)C1(CNC(C)=O)CC1. The van der Waals surface area contributed by atoms with Gasteiger partial charge in [0.25, 0.3) is 0 Å². The van der Waals surface area contributed by atoms with Gasteiger partial charge in [0.15, 0.2) is 0 Å². The quantitative estimate of drug-likeness (QED) is 0.611. The Hall–Kier alpha value is -1.06. The molecule has 0 aliphatic heterocycles. The first-order valence-electron chi connectivity index (χ1n) is 3.93. The standard InChI is InChI=1S/C8H13NO3/c1-6(10)9-5-8(3-4-8)7(11)12-2/h3-5H2,1-2H3,(H,9,10). The number of carbonyl (C=O) groups excluding carboxylic acids is 2. The number of nitrogens with one attached hydrogen (secondary N) is 1. The average Bonchev–Trinajstić information content (AvgIpc) is 2.80. The Morgan fingerprint density at radius 2 is 2.08 bits per heavy atom. The second-order valence-corrected chi connectivity index (χ2v) is 3.18. The molecule has 0 aromatic rings. The van der Waals surface area contributed by atoms with Gasteiger partial charge in [-0.1, -0.05) is 0 Å². The molecule has 0 unspecified atom stereocenters. The van der Waals surface area contributed by atoms with Crippen molar-refractivity contribution in [3.05, 3.63) is 0 Å². The van der Waals surface area contributed by atoms with E-state index in [-0.39, 0.29) is 11.9 Å². The Bertz CT molecular complexity index is 208. The molecule has 1 saturated carbocycles. The summed E-state index contributed by atoms with van der Waals surface area (Å²) >= 11 is 0. The average molecular weight is 171 g/mol. The number of rotatable bonds is 3. The van der Waals surface area contributed by atoms with Crippen molar-refractivity contribution in [2.75, 3.05) is 13.7 Å². The summed E-state index contributed by atoms with van der Waals surface area (Å²) in [6.07, 6.45) is 1.64. The number of esters is 1. The van der Waals surface area contributed by atoms with Gasteiger partial charge in [0.1, 0.15) is 0 Å². The Balaban J connectivity index is 2.39. The zero-order chi connectivity index (χ0) is 9.19. The van der Waals surface area contributed by atoms with Crippen molar-refractivity contribution >= 4 is 11.9 Å². The van der Waals surface area contributed by atoms with Crippen molar-refractivity contribution < 1.29 is 14.3 Å². The molecule has 4 nitrogen and oxygen atoms in total. The normalized spacial score (nSPS) is 18.2. The molecule has 0 radical (unpaired) electrons. The minimum absolute atomic E-state index is 0.106. The fraction of sp³-hybridized carbons (Fsp3) is 0.750. The highest BCUT2D eigenvalue weighted by Crippen LogP contribution is 2.45. The van der Waals surface area contributed by atoms with Crippen LogP contribution >= 0.6 is 0 Å². The number of hydrogen-bond acceptors (Lipinski definition) is 3. The van der Waals surface area contributed by atoms with Crippen molar-refractivity contribution in [2.24, 2.45) is 5.41 Å². The van der Waals surface area contributed by atoms with Gasteiger partial charge in [-0.25, -0.2) is 0 Å². The van der Waals surface area contributed by atoms with E-state index in [9.17, 15) is 9.59 Å². The first-order chi connectivity index (χ1) is 5.60. The summed E-state index contributed by atoms with van der Waals surface area (Å²) in [5.41, 5.74) is -0.402. The molecule has 0 saturated heterocycles. The minimum atomic E-state index is -0.402. The summed E-state index contributed by atoms with van der Waals surface area (Å²) < 4.78 is 4.62. The Labute approximate surface area is 71.3 Å². The maximum atomic E-state index is 11.1. The molecule has 1 aliphatic rings. The van der Waals surface area contributed by atoms with Crippen LogP contribution in [0.15, 0.2) is 0 Å². The maximum Gasteiger partial charge on any atom is 0.313 e. The van der Waals surface area contributed by atoms with Gasteiger partial charge in [-0.3, -0.25) is 9.59 Å². The molecule has 68 valence electrons. The van der Waals surface area contributed by atoms with Gasteiger partial charge in [-0.2, -0.15) is 0 Å². The maximum absolute atomic E-state index is 11.1. The number of amides is 1. The van der Waals surface area contributed by atoms with Crippen molar-refractivity contribution in [2.45, 2.75) is 19.8 Å². The second kappa shape index (κ2) is 3.13. The predicted octanol–water partition coefficient (Wildman–Crippen LogP) is 0.0757. The van der Waals surface area contributed by atoms with Crippen LogP contribution in [0.25, 0.3) is 0 Å². The van der Waals surface area contributed by atoms with Crippen molar-refractivity contribution in [1.29, 1.82) is 0 Å². The van der Waals surface area contributed by atoms with Crippen LogP contribution in [0, 0.1) is 5.41 Å². The van der Waals surface area contributed by atoms with Crippen molar-refractivity contribution in [3.8, 4) is 0 Å². The fourth-order valence-electron chi connectivity index (χ4n) is 1.11. The van der Waals surface area contributed by atoms with Crippen molar-refractivity contribution in [1.82, 2.24) is 5.32 Å².